The van der Waals surface area contributed by atoms with Crippen molar-refractivity contribution in [3.05, 3.63) is 24.3 Å². The number of ether oxygens (including phenoxy) is 2. The van der Waals surface area contributed by atoms with Gasteiger partial charge in [-0.3, -0.25) is 0 Å². The number of benzene rings is 1. The summed E-state index contributed by atoms with van der Waals surface area (Å²) in [6.07, 6.45) is 1.47. The molecule has 0 aliphatic heterocycles. The van der Waals surface area contributed by atoms with E-state index in [0.29, 0.717) is 19.0 Å². The van der Waals surface area contributed by atoms with Gasteiger partial charge < -0.3 is 14.6 Å². The van der Waals surface area contributed by atoms with Gasteiger partial charge in [-0.15, -0.1) is 0 Å². The Hall–Kier alpha value is -1.22. The minimum Gasteiger partial charge on any atom is -0.490 e. The molecule has 3 nitrogen and oxygen atoms in total. The highest BCUT2D eigenvalue weighted by molar-refractivity contribution is 5.39. The summed E-state index contributed by atoms with van der Waals surface area (Å²) in [5.74, 6) is 1.69. The lowest BCUT2D eigenvalue weighted by Crippen LogP contribution is -2.24. The van der Waals surface area contributed by atoms with Gasteiger partial charge >= 0.3 is 0 Å². The van der Waals surface area contributed by atoms with E-state index in [1.807, 2.05) is 31.2 Å². The summed E-state index contributed by atoms with van der Waals surface area (Å²) in [4.78, 5) is 0. The first kappa shape index (κ1) is 14.8. The standard InChI is InChI=1S/C15H24O3/c1-4-10-17-14-8-6-7-9-15(14)18-11-13(16)12(3)5-2/h6-9,12-13,16H,4-5,10-11H2,1-3H3. The van der Waals surface area contributed by atoms with Crippen molar-refractivity contribution in [1.82, 2.24) is 0 Å². The van der Waals surface area contributed by atoms with E-state index in [0.717, 1.165) is 18.6 Å². The molecule has 0 spiro atoms. The van der Waals surface area contributed by atoms with Crippen molar-refractivity contribution in [3.8, 4) is 11.5 Å². The second-order valence-corrected chi connectivity index (χ2v) is 4.56. The first-order valence-electron chi connectivity index (χ1n) is 6.71. The third-order valence-corrected chi connectivity index (χ3v) is 3.02. The van der Waals surface area contributed by atoms with Gasteiger partial charge in [-0.1, -0.05) is 39.3 Å². The van der Waals surface area contributed by atoms with Crippen LogP contribution >= 0.6 is 0 Å². The third-order valence-electron chi connectivity index (χ3n) is 3.02. The summed E-state index contributed by atoms with van der Waals surface area (Å²) in [5, 5.41) is 9.88. The summed E-state index contributed by atoms with van der Waals surface area (Å²) < 4.78 is 11.2. The van der Waals surface area contributed by atoms with Crippen LogP contribution in [-0.4, -0.2) is 24.4 Å². The Morgan fingerprint density at radius 1 is 1.11 bits per heavy atom. The van der Waals surface area contributed by atoms with Crippen molar-refractivity contribution in [2.45, 2.75) is 39.7 Å². The maximum Gasteiger partial charge on any atom is 0.161 e. The summed E-state index contributed by atoms with van der Waals surface area (Å²) >= 11 is 0. The Morgan fingerprint density at radius 2 is 1.72 bits per heavy atom. The molecule has 0 saturated heterocycles. The van der Waals surface area contributed by atoms with Gasteiger partial charge in [0.1, 0.15) is 6.61 Å². The summed E-state index contributed by atoms with van der Waals surface area (Å²) in [7, 11) is 0. The van der Waals surface area contributed by atoms with E-state index in [1.54, 1.807) is 0 Å². The van der Waals surface area contributed by atoms with Crippen molar-refractivity contribution < 1.29 is 14.6 Å². The topological polar surface area (TPSA) is 38.7 Å². The van der Waals surface area contributed by atoms with Gasteiger partial charge in [0.15, 0.2) is 11.5 Å². The summed E-state index contributed by atoms with van der Waals surface area (Å²) in [6, 6.07) is 7.58. The van der Waals surface area contributed by atoms with E-state index in [2.05, 4.69) is 13.8 Å². The van der Waals surface area contributed by atoms with Crippen molar-refractivity contribution in [1.29, 1.82) is 0 Å². The molecule has 0 aliphatic carbocycles. The van der Waals surface area contributed by atoms with E-state index < -0.39 is 6.10 Å². The molecule has 0 saturated carbocycles. The Kier molecular flexibility index (Phi) is 6.58. The quantitative estimate of drug-likeness (QED) is 0.771. The van der Waals surface area contributed by atoms with Crippen LogP contribution in [-0.2, 0) is 0 Å². The third kappa shape index (κ3) is 4.57. The second kappa shape index (κ2) is 7.98. The van der Waals surface area contributed by atoms with E-state index in [-0.39, 0.29) is 5.92 Å². The average molecular weight is 252 g/mol. The normalized spacial score (nSPS) is 14.0. The molecular weight excluding hydrogens is 228 g/mol. The minimum atomic E-state index is -0.436. The fourth-order valence-corrected chi connectivity index (χ4v) is 1.51. The van der Waals surface area contributed by atoms with Crippen LogP contribution in [0.1, 0.15) is 33.6 Å². The van der Waals surface area contributed by atoms with Gasteiger partial charge in [0, 0.05) is 0 Å². The SMILES string of the molecule is CCCOc1ccccc1OCC(O)C(C)CC. The monoisotopic (exact) mass is 252 g/mol. The zero-order valence-electron chi connectivity index (χ0n) is 11.6. The average Bonchev–Trinajstić information content (AvgIpc) is 2.42. The zero-order valence-corrected chi connectivity index (χ0v) is 11.6. The predicted octanol–water partition coefficient (Wildman–Crippen LogP) is 3.26. The van der Waals surface area contributed by atoms with Crippen molar-refractivity contribution in [2.75, 3.05) is 13.2 Å². The van der Waals surface area contributed by atoms with Gasteiger partial charge in [0.2, 0.25) is 0 Å². The summed E-state index contributed by atoms with van der Waals surface area (Å²) in [5.41, 5.74) is 0. The molecule has 2 atom stereocenters. The smallest absolute Gasteiger partial charge is 0.161 e. The molecule has 1 aromatic rings. The van der Waals surface area contributed by atoms with Gasteiger partial charge in [-0.2, -0.15) is 0 Å². The highest BCUT2D eigenvalue weighted by Gasteiger charge is 2.14. The largest absolute Gasteiger partial charge is 0.490 e. The van der Waals surface area contributed by atoms with E-state index in [9.17, 15) is 5.11 Å². The molecule has 0 heterocycles. The minimum absolute atomic E-state index is 0.244. The molecule has 18 heavy (non-hydrogen) atoms. The Labute approximate surface area is 110 Å². The van der Waals surface area contributed by atoms with Gasteiger partial charge in [0.25, 0.3) is 0 Å². The van der Waals surface area contributed by atoms with E-state index >= 15 is 0 Å². The number of hydrogen-bond donors (Lipinski definition) is 1. The molecule has 0 amide bonds. The Balaban J connectivity index is 2.55. The molecule has 102 valence electrons. The van der Waals surface area contributed by atoms with Crippen LogP contribution in [0.2, 0.25) is 0 Å². The van der Waals surface area contributed by atoms with Crippen molar-refractivity contribution in [3.63, 3.8) is 0 Å². The molecule has 0 fully saturated rings. The van der Waals surface area contributed by atoms with Gasteiger partial charge in [-0.25, -0.2) is 0 Å². The van der Waals surface area contributed by atoms with Gasteiger partial charge in [-0.05, 0) is 24.5 Å². The molecule has 1 rings (SSSR count). The van der Waals surface area contributed by atoms with E-state index in [1.165, 1.54) is 0 Å². The fourth-order valence-electron chi connectivity index (χ4n) is 1.51. The predicted molar refractivity (Wildman–Crippen MR) is 73.2 cm³/mol. The molecule has 0 aliphatic rings. The van der Waals surface area contributed by atoms with Crippen LogP contribution in [0.5, 0.6) is 11.5 Å². The fraction of sp³-hybridized carbons (Fsp3) is 0.600. The number of hydrogen-bond acceptors (Lipinski definition) is 3. The second-order valence-electron chi connectivity index (χ2n) is 4.56. The van der Waals surface area contributed by atoms with Crippen LogP contribution in [0.15, 0.2) is 24.3 Å². The first-order chi connectivity index (χ1) is 8.69. The highest BCUT2D eigenvalue weighted by atomic mass is 16.5. The number of para-hydroxylation sites is 2. The Bertz CT molecular complexity index is 338. The molecule has 0 aromatic heterocycles. The molecule has 2 unspecified atom stereocenters. The van der Waals surface area contributed by atoms with Crippen LogP contribution in [0.25, 0.3) is 0 Å². The van der Waals surface area contributed by atoms with Crippen molar-refractivity contribution in [2.24, 2.45) is 5.92 Å². The van der Waals surface area contributed by atoms with Crippen molar-refractivity contribution >= 4 is 0 Å². The molecule has 3 heteroatoms. The van der Waals surface area contributed by atoms with E-state index in [4.69, 9.17) is 9.47 Å². The molecule has 0 bridgehead atoms. The number of aliphatic hydroxyl groups is 1. The molecule has 1 aromatic carbocycles. The lowest BCUT2D eigenvalue weighted by Gasteiger charge is -2.19. The molecule has 0 radical (unpaired) electrons. The molecular formula is C15H24O3. The highest BCUT2D eigenvalue weighted by Crippen LogP contribution is 2.27. The molecule has 1 N–H and O–H groups in total. The lowest BCUT2D eigenvalue weighted by molar-refractivity contribution is 0.0608. The maximum atomic E-state index is 9.88. The van der Waals surface area contributed by atoms with Crippen LogP contribution < -0.4 is 9.47 Å². The van der Waals surface area contributed by atoms with Crippen LogP contribution in [0, 0.1) is 5.92 Å². The number of rotatable bonds is 8. The first-order valence-corrected chi connectivity index (χ1v) is 6.71. The zero-order chi connectivity index (χ0) is 13.4. The Morgan fingerprint density at radius 3 is 2.28 bits per heavy atom. The maximum absolute atomic E-state index is 9.88. The van der Waals surface area contributed by atoms with Gasteiger partial charge in [0.05, 0.1) is 12.7 Å². The number of aliphatic hydroxyl groups excluding tert-OH is 1. The lowest BCUT2D eigenvalue weighted by atomic mass is 10.0. The van der Waals surface area contributed by atoms with Crippen LogP contribution in [0.3, 0.4) is 0 Å². The summed E-state index contributed by atoms with van der Waals surface area (Å²) in [6.45, 7) is 7.13. The van der Waals surface area contributed by atoms with Crippen LogP contribution in [0.4, 0.5) is 0 Å².